The predicted molar refractivity (Wildman–Crippen MR) is 120 cm³/mol. The SMILES string of the molecule is CCN1CCC[C@H]1CN(Cc1ccccn1)Cc1ccnc(N2CCN(C)CC2)n1. The summed E-state index contributed by atoms with van der Waals surface area (Å²) >= 11 is 0. The summed E-state index contributed by atoms with van der Waals surface area (Å²) < 4.78 is 0. The van der Waals surface area contributed by atoms with Gasteiger partial charge in [-0.1, -0.05) is 13.0 Å². The largest absolute Gasteiger partial charge is 0.338 e. The second kappa shape index (κ2) is 10.3. The van der Waals surface area contributed by atoms with Gasteiger partial charge in [0.2, 0.25) is 5.95 Å². The summed E-state index contributed by atoms with van der Waals surface area (Å²) in [7, 11) is 2.17. The molecule has 0 amide bonds. The van der Waals surface area contributed by atoms with Gasteiger partial charge in [-0.15, -0.1) is 0 Å². The highest BCUT2D eigenvalue weighted by atomic mass is 15.3. The maximum absolute atomic E-state index is 4.94. The Morgan fingerprint density at radius 2 is 1.80 bits per heavy atom. The second-order valence-corrected chi connectivity index (χ2v) is 8.55. The maximum Gasteiger partial charge on any atom is 0.225 e. The molecule has 2 fully saturated rings. The number of rotatable bonds is 8. The molecule has 1 atom stereocenters. The van der Waals surface area contributed by atoms with Crippen molar-refractivity contribution < 1.29 is 0 Å². The summed E-state index contributed by atoms with van der Waals surface area (Å²) in [4.78, 5) is 23.9. The van der Waals surface area contributed by atoms with Crippen molar-refractivity contribution >= 4 is 5.95 Å². The third-order valence-electron chi connectivity index (χ3n) is 6.36. The Labute approximate surface area is 180 Å². The fourth-order valence-corrected chi connectivity index (χ4v) is 4.58. The number of aromatic nitrogens is 3. The molecule has 0 spiro atoms. The van der Waals surface area contributed by atoms with E-state index in [4.69, 9.17) is 4.98 Å². The van der Waals surface area contributed by atoms with E-state index in [0.29, 0.717) is 6.04 Å². The van der Waals surface area contributed by atoms with Crippen molar-refractivity contribution in [2.45, 2.75) is 38.9 Å². The standard InChI is InChI=1S/C23H35N7/c1-3-29-12-6-8-22(29)19-28(17-20-7-4-5-10-24-20)18-21-9-11-25-23(26-21)30-15-13-27(2)14-16-30/h4-5,7,9-11,22H,3,6,8,12-19H2,1-2H3/t22-/m0/s1. The van der Waals surface area contributed by atoms with Crippen LogP contribution in [0.25, 0.3) is 0 Å². The molecule has 0 aromatic carbocycles. The second-order valence-electron chi connectivity index (χ2n) is 8.55. The van der Waals surface area contributed by atoms with Crippen LogP contribution in [0, 0.1) is 0 Å². The van der Waals surface area contributed by atoms with Crippen LogP contribution in [0.3, 0.4) is 0 Å². The molecule has 2 aliphatic rings. The van der Waals surface area contributed by atoms with E-state index in [9.17, 15) is 0 Å². The van der Waals surface area contributed by atoms with E-state index in [1.165, 1.54) is 19.4 Å². The van der Waals surface area contributed by atoms with E-state index in [1.807, 2.05) is 18.5 Å². The first-order chi connectivity index (χ1) is 14.7. The molecule has 0 aliphatic carbocycles. The van der Waals surface area contributed by atoms with Crippen molar-refractivity contribution in [2.24, 2.45) is 0 Å². The Morgan fingerprint density at radius 3 is 2.57 bits per heavy atom. The Hall–Kier alpha value is -2.09. The van der Waals surface area contributed by atoms with Crippen LogP contribution in [0.2, 0.25) is 0 Å². The quantitative estimate of drug-likeness (QED) is 0.662. The van der Waals surface area contributed by atoms with Crippen LogP contribution in [0.15, 0.2) is 36.7 Å². The molecule has 2 saturated heterocycles. The molecule has 2 aromatic rings. The smallest absolute Gasteiger partial charge is 0.225 e. The number of piperazine rings is 1. The van der Waals surface area contributed by atoms with Gasteiger partial charge in [-0.2, -0.15) is 0 Å². The fraction of sp³-hybridized carbons (Fsp3) is 0.609. The van der Waals surface area contributed by atoms with Crippen molar-refractivity contribution in [3.63, 3.8) is 0 Å². The predicted octanol–water partition coefficient (Wildman–Crippen LogP) is 2.11. The first kappa shape index (κ1) is 21.2. The van der Waals surface area contributed by atoms with Crippen molar-refractivity contribution in [1.82, 2.24) is 29.7 Å². The van der Waals surface area contributed by atoms with Gasteiger partial charge in [-0.05, 0) is 51.2 Å². The Morgan fingerprint density at radius 1 is 0.967 bits per heavy atom. The molecular weight excluding hydrogens is 374 g/mol. The van der Waals surface area contributed by atoms with E-state index in [-0.39, 0.29) is 0 Å². The third-order valence-corrected chi connectivity index (χ3v) is 6.36. The first-order valence-electron chi connectivity index (χ1n) is 11.3. The van der Waals surface area contributed by atoms with Crippen LogP contribution in [0.1, 0.15) is 31.2 Å². The average molecular weight is 410 g/mol. The molecular formula is C23H35N7. The van der Waals surface area contributed by atoms with Crippen LogP contribution in [-0.2, 0) is 13.1 Å². The Balaban J connectivity index is 1.47. The molecule has 30 heavy (non-hydrogen) atoms. The summed E-state index contributed by atoms with van der Waals surface area (Å²) in [5.74, 6) is 0.870. The lowest BCUT2D eigenvalue weighted by molar-refractivity contribution is 0.163. The van der Waals surface area contributed by atoms with Crippen molar-refractivity contribution in [3.8, 4) is 0 Å². The zero-order valence-corrected chi connectivity index (χ0v) is 18.5. The van der Waals surface area contributed by atoms with Crippen LogP contribution in [0.4, 0.5) is 5.95 Å². The zero-order chi connectivity index (χ0) is 20.8. The topological polar surface area (TPSA) is 51.6 Å². The molecule has 0 radical (unpaired) electrons. The Bertz CT molecular complexity index is 776. The van der Waals surface area contributed by atoms with Crippen LogP contribution < -0.4 is 4.90 Å². The van der Waals surface area contributed by atoms with Gasteiger partial charge in [0.1, 0.15) is 0 Å². The molecule has 2 aliphatic heterocycles. The number of hydrogen-bond acceptors (Lipinski definition) is 7. The van der Waals surface area contributed by atoms with E-state index < -0.39 is 0 Å². The summed E-state index contributed by atoms with van der Waals surface area (Å²) in [6, 6.07) is 8.87. The van der Waals surface area contributed by atoms with Crippen molar-refractivity contribution in [2.75, 3.05) is 57.8 Å². The van der Waals surface area contributed by atoms with Gasteiger partial charge in [0.05, 0.1) is 11.4 Å². The van der Waals surface area contributed by atoms with Gasteiger partial charge >= 0.3 is 0 Å². The minimum absolute atomic E-state index is 0.623. The van der Waals surface area contributed by atoms with E-state index in [0.717, 1.165) is 69.7 Å². The summed E-state index contributed by atoms with van der Waals surface area (Å²) in [5.41, 5.74) is 2.21. The molecule has 0 unspecified atom stereocenters. The van der Waals surface area contributed by atoms with Crippen LogP contribution in [-0.4, -0.2) is 88.6 Å². The van der Waals surface area contributed by atoms with E-state index in [1.54, 1.807) is 0 Å². The minimum Gasteiger partial charge on any atom is -0.338 e. The van der Waals surface area contributed by atoms with Crippen molar-refractivity contribution in [3.05, 3.63) is 48.0 Å². The lowest BCUT2D eigenvalue weighted by atomic mass is 10.2. The Kier molecular flexibility index (Phi) is 7.25. The molecule has 0 saturated carbocycles. The highest BCUT2D eigenvalue weighted by Gasteiger charge is 2.26. The van der Waals surface area contributed by atoms with Crippen molar-refractivity contribution in [1.29, 1.82) is 0 Å². The first-order valence-corrected chi connectivity index (χ1v) is 11.3. The summed E-state index contributed by atoms with van der Waals surface area (Å²) in [6.07, 6.45) is 6.39. The van der Waals surface area contributed by atoms with Gasteiger partial charge in [-0.25, -0.2) is 9.97 Å². The number of anilines is 1. The molecule has 4 rings (SSSR count). The lowest BCUT2D eigenvalue weighted by Crippen LogP contribution is -2.45. The normalized spacial score (nSPS) is 20.9. The zero-order valence-electron chi connectivity index (χ0n) is 18.5. The molecule has 2 aromatic heterocycles. The summed E-state index contributed by atoms with van der Waals surface area (Å²) in [5, 5.41) is 0. The molecule has 7 heteroatoms. The summed E-state index contributed by atoms with van der Waals surface area (Å²) in [6.45, 7) is 11.5. The van der Waals surface area contributed by atoms with Gasteiger partial charge in [-0.3, -0.25) is 14.8 Å². The fourth-order valence-electron chi connectivity index (χ4n) is 4.58. The average Bonchev–Trinajstić information content (AvgIpc) is 3.22. The third kappa shape index (κ3) is 5.53. The number of pyridine rings is 1. The highest BCUT2D eigenvalue weighted by molar-refractivity contribution is 5.31. The van der Waals surface area contributed by atoms with Gasteiger partial charge in [0.25, 0.3) is 0 Å². The van der Waals surface area contributed by atoms with Crippen LogP contribution in [0.5, 0.6) is 0 Å². The van der Waals surface area contributed by atoms with Crippen LogP contribution >= 0.6 is 0 Å². The molecule has 0 N–H and O–H groups in total. The number of likely N-dealkylation sites (tertiary alicyclic amines) is 1. The molecule has 162 valence electrons. The van der Waals surface area contributed by atoms with Gasteiger partial charge < -0.3 is 9.80 Å². The minimum atomic E-state index is 0.623. The monoisotopic (exact) mass is 409 g/mol. The maximum atomic E-state index is 4.94. The molecule has 7 nitrogen and oxygen atoms in total. The van der Waals surface area contributed by atoms with E-state index >= 15 is 0 Å². The van der Waals surface area contributed by atoms with Gasteiger partial charge in [0.15, 0.2) is 0 Å². The number of hydrogen-bond donors (Lipinski definition) is 0. The lowest BCUT2D eigenvalue weighted by Gasteiger charge is -2.33. The van der Waals surface area contributed by atoms with Gasteiger partial charge in [0, 0.05) is 64.2 Å². The molecule has 4 heterocycles. The van der Waals surface area contributed by atoms with E-state index in [2.05, 4.69) is 61.7 Å². The number of nitrogens with zero attached hydrogens (tertiary/aromatic N) is 7. The molecule has 0 bridgehead atoms. The number of likely N-dealkylation sites (N-methyl/N-ethyl adjacent to an activating group) is 2. The highest BCUT2D eigenvalue weighted by Crippen LogP contribution is 2.20.